The Bertz CT molecular complexity index is 2200. The maximum Gasteiger partial charge on any atom is 0.161 e. The van der Waals surface area contributed by atoms with E-state index >= 15 is 0 Å². The normalized spacial score (nSPS) is 21.3. The monoisotopic (exact) mass is 845 g/mol. The Labute approximate surface area is 334 Å². The van der Waals surface area contributed by atoms with Crippen molar-refractivity contribution in [3.63, 3.8) is 0 Å². The van der Waals surface area contributed by atoms with E-state index in [1.807, 2.05) is 6.07 Å². The number of rotatable bonds is 7. The van der Waals surface area contributed by atoms with Crippen LogP contribution in [0, 0.1) is 9.49 Å². The van der Waals surface area contributed by atoms with Gasteiger partial charge in [-0.2, -0.15) is 0 Å². The predicted octanol–water partition coefficient (Wildman–Crippen LogP) is 5.98. The van der Waals surface area contributed by atoms with Crippen molar-refractivity contribution in [1.82, 2.24) is 4.90 Å². The number of alkyl halides is 1. The molecule has 55 heavy (non-hydrogen) atoms. The molecule has 6 aliphatic rings. The number of allylic oxidation sites excluding steroid dienone is 3. The fraction of sp³-hybridized carbons (Fsp3) is 0.304. The molecule has 2 saturated heterocycles. The average Bonchev–Trinajstić information content (AvgIpc) is 3.25. The Kier molecular flexibility index (Phi) is 9.43. The van der Waals surface area contributed by atoms with Crippen LogP contribution in [-0.2, 0) is 22.6 Å². The minimum Gasteiger partial charge on any atom is -0.478 e. The van der Waals surface area contributed by atoms with Gasteiger partial charge in [-0.05, 0) is 44.3 Å². The second-order valence-electron chi connectivity index (χ2n) is 15.2. The van der Waals surface area contributed by atoms with Crippen molar-refractivity contribution < 1.29 is 40.2 Å². The molecule has 4 aromatic carbocycles. The van der Waals surface area contributed by atoms with Gasteiger partial charge in [-0.15, -0.1) is 0 Å². The summed E-state index contributed by atoms with van der Waals surface area (Å²) in [6, 6.07) is 32.7. The third-order valence-electron chi connectivity index (χ3n) is 11.7. The number of hydrogen-bond donors (Lipinski definition) is 0. The molecule has 0 bridgehead atoms. The average molecular weight is 846 g/mol. The molecule has 4 aromatic rings. The fourth-order valence-electron chi connectivity index (χ4n) is 8.39. The molecule has 0 saturated carbocycles. The van der Waals surface area contributed by atoms with E-state index in [4.69, 9.17) is 18.9 Å². The number of halogens is 1. The van der Waals surface area contributed by atoms with Crippen LogP contribution in [0.15, 0.2) is 138 Å². The van der Waals surface area contributed by atoms with Gasteiger partial charge in [-0.3, -0.25) is 4.90 Å². The first-order chi connectivity index (χ1) is 27.1. The van der Waals surface area contributed by atoms with Crippen LogP contribution in [-0.4, -0.2) is 48.8 Å². The van der Waals surface area contributed by atoms with E-state index in [-0.39, 0.29) is 21.2 Å². The molecule has 0 radical (unpaired) electrons. The Balaban J connectivity index is 0.749. The maximum atomic E-state index is 6.32. The molecule has 10 rings (SSSR count). The zero-order chi connectivity index (χ0) is 36.7. The van der Waals surface area contributed by atoms with Crippen LogP contribution < -0.4 is 45.4 Å². The number of anilines is 3. The second-order valence-corrected chi connectivity index (χ2v) is 17.8. The molecule has 4 aliphatic heterocycles. The zero-order valence-corrected chi connectivity index (χ0v) is 33.4. The van der Waals surface area contributed by atoms with Crippen LogP contribution >= 0.6 is 0 Å². The van der Waals surface area contributed by atoms with Crippen LogP contribution in [0.25, 0.3) is 0 Å². The molecule has 4 heterocycles. The summed E-state index contributed by atoms with van der Waals surface area (Å²) in [5.41, 5.74) is 8.87. The first-order valence-electron chi connectivity index (χ1n) is 19.5. The molecular formula is C46H46IN4O4-. The second kappa shape index (κ2) is 15.0. The van der Waals surface area contributed by atoms with E-state index in [9.17, 15) is 0 Å². The van der Waals surface area contributed by atoms with Gasteiger partial charge in [0, 0.05) is 30.3 Å². The summed E-state index contributed by atoms with van der Waals surface area (Å²) in [6.07, 6.45) is 12.5. The van der Waals surface area contributed by atoms with Gasteiger partial charge in [0.25, 0.3) is 0 Å². The number of nitrogens with zero attached hydrogens (tertiary/aromatic N) is 4. The molecule has 0 N–H and O–H groups in total. The van der Waals surface area contributed by atoms with E-state index in [0.29, 0.717) is 32.2 Å². The SMILES string of the molecule is C[C@@H](C1C=C2CN(c3ccc(Oc4ccc(N5C[I-]c6ccc(N7COc8ccccc8C7)cc6C5)cc4)cc3)COC2=CC1)N1COC2=CCCC=C2C1. The minimum absolute atomic E-state index is 0.103. The summed E-state index contributed by atoms with van der Waals surface area (Å²) in [6.45, 7) is 7.69. The van der Waals surface area contributed by atoms with E-state index in [2.05, 4.69) is 136 Å². The quantitative estimate of drug-likeness (QED) is 0.128. The topological polar surface area (TPSA) is 49.9 Å². The van der Waals surface area contributed by atoms with E-state index in [1.54, 1.807) is 3.57 Å². The molecule has 0 spiro atoms. The van der Waals surface area contributed by atoms with Crippen molar-refractivity contribution >= 4 is 17.1 Å². The third kappa shape index (κ3) is 7.20. The number of para-hydroxylation sites is 1. The molecule has 9 heteroatoms. The van der Waals surface area contributed by atoms with Crippen molar-refractivity contribution in [2.45, 2.75) is 45.3 Å². The molecule has 1 unspecified atom stereocenters. The minimum atomic E-state index is -0.103. The summed E-state index contributed by atoms with van der Waals surface area (Å²) in [4.78, 5) is 9.60. The first kappa shape index (κ1) is 34.6. The summed E-state index contributed by atoms with van der Waals surface area (Å²) in [5.74, 6) is 5.21. The van der Waals surface area contributed by atoms with Crippen LogP contribution in [0.5, 0.6) is 17.2 Å². The first-order valence-corrected chi connectivity index (χ1v) is 22.1. The Hall–Kier alpha value is -4.87. The number of hydrogen-bond acceptors (Lipinski definition) is 8. The molecule has 8 nitrogen and oxygen atoms in total. The molecule has 2 aliphatic carbocycles. The van der Waals surface area contributed by atoms with Gasteiger partial charge in [-0.25, -0.2) is 0 Å². The van der Waals surface area contributed by atoms with Gasteiger partial charge in [0.05, 0.1) is 0 Å². The van der Waals surface area contributed by atoms with Crippen molar-refractivity contribution in [3.05, 3.63) is 153 Å². The van der Waals surface area contributed by atoms with Crippen LogP contribution in [0.3, 0.4) is 0 Å². The fourth-order valence-corrected chi connectivity index (χ4v) is 11.1. The molecule has 0 amide bonds. The van der Waals surface area contributed by atoms with Gasteiger partial charge in [-0.1, -0.05) is 12.2 Å². The van der Waals surface area contributed by atoms with Gasteiger partial charge in [0.15, 0.2) is 6.73 Å². The van der Waals surface area contributed by atoms with Crippen LogP contribution in [0.4, 0.5) is 17.1 Å². The summed E-state index contributed by atoms with van der Waals surface area (Å²) < 4.78 is 27.4. The van der Waals surface area contributed by atoms with Gasteiger partial charge in [0.1, 0.15) is 18.2 Å². The largest absolute Gasteiger partial charge is 0.478 e. The summed E-state index contributed by atoms with van der Waals surface area (Å²) in [7, 11) is 0. The molecule has 2 fully saturated rings. The van der Waals surface area contributed by atoms with Crippen molar-refractivity contribution in [1.29, 1.82) is 0 Å². The van der Waals surface area contributed by atoms with Crippen LogP contribution in [0.2, 0.25) is 0 Å². The summed E-state index contributed by atoms with van der Waals surface area (Å²) >= 11 is -0.103. The van der Waals surface area contributed by atoms with Gasteiger partial charge in [0.2, 0.25) is 0 Å². The van der Waals surface area contributed by atoms with Crippen molar-refractivity contribution in [2.75, 3.05) is 52.5 Å². The van der Waals surface area contributed by atoms with E-state index in [1.165, 1.54) is 33.6 Å². The van der Waals surface area contributed by atoms with Crippen molar-refractivity contribution in [3.8, 4) is 17.2 Å². The number of benzene rings is 4. The Morgan fingerprint density at radius 2 is 1.33 bits per heavy atom. The maximum absolute atomic E-state index is 6.32. The zero-order valence-electron chi connectivity index (χ0n) is 31.2. The molecule has 2 atom stereocenters. The standard InChI is InChI=1S/C46H46IN4O4/c1-32(49-24-34-6-2-4-8-44(34)52-29-49)33-10-21-46-37(22-33)27-50(30-54-46)39-13-18-42(19-14-39)55-41-16-11-38(12-17-41)48-26-36-23-40(15-20-43(36)47-28-48)51-25-35-7-3-5-9-45(35)53-31-51/h3,5-9,11-23,32-33H,2,4,10,24-31H2,1H3/q-1/t32-,33?/m0/s1. The number of ether oxygens (including phenoxy) is 4. The molecular weight excluding hydrogens is 799 g/mol. The van der Waals surface area contributed by atoms with Gasteiger partial charge < -0.3 is 9.47 Å². The van der Waals surface area contributed by atoms with E-state index in [0.717, 1.165) is 84.4 Å². The Morgan fingerprint density at radius 3 is 2.18 bits per heavy atom. The molecule has 0 aromatic heterocycles. The summed E-state index contributed by atoms with van der Waals surface area (Å²) in [5, 5.41) is 0. The smallest absolute Gasteiger partial charge is 0.161 e. The Morgan fingerprint density at radius 1 is 0.636 bits per heavy atom. The van der Waals surface area contributed by atoms with Crippen LogP contribution in [0.1, 0.15) is 37.3 Å². The number of fused-ring (bicyclic) bond motifs is 4. The van der Waals surface area contributed by atoms with Crippen molar-refractivity contribution in [2.24, 2.45) is 5.92 Å². The van der Waals surface area contributed by atoms with E-state index < -0.39 is 0 Å². The third-order valence-corrected chi connectivity index (χ3v) is 14.7. The van der Waals surface area contributed by atoms with Gasteiger partial charge >= 0.3 is 210 Å². The molecule has 282 valence electrons. The predicted molar refractivity (Wildman–Crippen MR) is 212 cm³/mol.